The van der Waals surface area contributed by atoms with Crippen molar-refractivity contribution in [2.75, 3.05) is 78.5 Å². The summed E-state index contributed by atoms with van der Waals surface area (Å²) in [6.07, 6.45) is -0.762. The van der Waals surface area contributed by atoms with E-state index in [1.165, 1.54) is 27.8 Å². The van der Waals surface area contributed by atoms with Gasteiger partial charge in [-0.05, 0) is 108 Å². The maximum Gasteiger partial charge on any atom is 0.416 e. The van der Waals surface area contributed by atoms with Crippen molar-refractivity contribution in [1.82, 2.24) is 40.0 Å². The molecular formula is C64H74F3N9O2. The van der Waals surface area contributed by atoms with Gasteiger partial charge in [0, 0.05) is 141 Å². The highest BCUT2D eigenvalue weighted by molar-refractivity contribution is 5.95. The molecule has 0 bridgehead atoms. The second-order valence-electron chi connectivity index (χ2n) is 21.5. The van der Waals surface area contributed by atoms with E-state index in [-0.39, 0.29) is 23.9 Å². The average Bonchev–Trinajstić information content (AvgIpc) is 3.46. The third-order valence-corrected chi connectivity index (χ3v) is 15.7. The minimum absolute atomic E-state index is 0.0246. The Kier molecular flexibility index (Phi) is 19.9. The fourth-order valence-corrected chi connectivity index (χ4v) is 10.9. The number of hydrogen-bond donors (Lipinski definition) is 2. The molecule has 408 valence electrons. The predicted octanol–water partition coefficient (Wildman–Crippen LogP) is 9.69. The Hall–Kier alpha value is -6.70. The molecule has 4 aliphatic rings. The lowest BCUT2D eigenvalue weighted by Gasteiger charge is -2.34. The molecule has 10 rings (SSSR count). The van der Waals surface area contributed by atoms with E-state index in [4.69, 9.17) is 5.26 Å². The Morgan fingerprint density at radius 3 is 0.962 bits per heavy atom. The first-order chi connectivity index (χ1) is 38.0. The molecule has 2 N–H and O–H groups in total. The van der Waals surface area contributed by atoms with Crippen molar-refractivity contribution in [2.45, 2.75) is 83.2 Å². The molecule has 4 fully saturated rings. The van der Waals surface area contributed by atoms with Crippen LogP contribution >= 0.6 is 0 Å². The summed E-state index contributed by atoms with van der Waals surface area (Å²) in [4.78, 5) is 40.4. The van der Waals surface area contributed by atoms with E-state index >= 15 is 0 Å². The number of nitrogens with zero attached hydrogens (tertiary/aromatic N) is 7. The Morgan fingerprint density at radius 2 is 0.667 bits per heavy atom. The number of carbonyl (C=O) groups excluding carboxylic acids is 2. The number of hydrogen-bond acceptors (Lipinski definition) is 9. The molecule has 0 saturated carbocycles. The van der Waals surface area contributed by atoms with E-state index in [0.29, 0.717) is 17.7 Å². The number of rotatable bonds is 16. The van der Waals surface area contributed by atoms with E-state index in [1.807, 2.05) is 48.5 Å². The van der Waals surface area contributed by atoms with Crippen molar-refractivity contribution in [1.29, 1.82) is 5.26 Å². The number of piperazine rings is 2. The lowest BCUT2D eigenvalue weighted by molar-refractivity contribution is -0.137. The highest BCUT2D eigenvalue weighted by Crippen LogP contribution is 2.29. The van der Waals surface area contributed by atoms with E-state index in [0.717, 1.165) is 160 Å². The molecule has 4 saturated heterocycles. The van der Waals surface area contributed by atoms with Gasteiger partial charge in [0.25, 0.3) is 11.8 Å². The number of likely N-dealkylation sites (tertiary alicyclic amines) is 2. The quantitative estimate of drug-likeness (QED) is 0.0982. The molecule has 11 nitrogen and oxygen atoms in total. The lowest BCUT2D eigenvalue weighted by atomic mass is 10.0. The zero-order chi connectivity index (χ0) is 54.1. The summed E-state index contributed by atoms with van der Waals surface area (Å²) in [7, 11) is 0. The fraction of sp³-hybridized carbons (Fsp3) is 0.391. The number of amides is 2. The van der Waals surface area contributed by atoms with Gasteiger partial charge in [-0.2, -0.15) is 18.4 Å². The first kappa shape index (κ1) is 56.0. The first-order valence-electron chi connectivity index (χ1n) is 27.8. The van der Waals surface area contributed by atoms with Gasteiger partial charge in [0.1, 0.15) is 0 Å². The Labute approximate surface area is 459 Å². The predicted molar refractivity (Wildman–Crippen MR) is 301 cm³/mol. The topological polar surface area (TPSA) is 101 Å². The minimum atomic E-state index is -4.31. The number of nitriles is 1. The molecule has 0 unspecified atom stereocenters. The van der Waals surface area contributed by atoms with Crippen LogP contribution in [-0.2, 0) is 45.4 Å². The summed E-state index contributed by atoms with van der Waals surface area (Å²) in [6.45, 7) is 17.3. The molecule has 4 heterocycles. The van der Waals surface area contributed by atoms with Crippen molar-refractivity contribution in [3.8, 4) is 6.07 Å². The van der Waals surface area contributed by atoms with Crippen LogP contribution in [0.3, 0.4) is 0 Å². The van der Waals surface area contributed by atoms with Crippen LogP contribution < -0.4 is 10.6 Å². The number of nitrogens with one attached hydrogen (secondary N) is 2. The summed E-state index contributed by atoms with van der Waals surface area (Å²) in [6, 6.07) is 53.0. The number of alkyl halides is 3. The summed E-state index contributed by atoms with van der Waals surface area (Å²) in [5, 5.41) is 15.4. The van der Waals surface area contributed by atoms with Gasteiger partial charge in [0.05, 0.1) is 17.2 Å². The van der Waals surface area contributed by atoms with Crippen LogP contribution in [0.5, 0.6) is 0 Å². The molecule has 0 atom stereocenters. The molecular weight excluding hydrogens is 984 g/mol. The number of halogens is 3. The molecule has 0 spiro atoms. The maximum atomic E-state index is 12.9. The monoisotopic (exact) mass is 1060 g/mol. The zero-order valence-electron chi connectivity index (χ0n) is 44.8. The van der Waals surface area contributed by atoms with E-state index in [1.54, 1.807) is 12.1 Å². The Morgan fingerprint density at radius 1 is 0.397 bits per heavy atom. The van der Waals surface area contributed by atoms with Crippen LogP contribution in [0, 0.1) is 11.3 Å². The van der Waals surface area contributed by atoms with Crippen LogP contribution in [0.15, 0.2) is 158 Å². The van der Waals surface area contributed by atoms with Gasteiger partial charge in [0.15, 0.2) is 0 Å². The first-order valence-corrected chi connectivity index (χ1v) is 27.8. The summed E-state index contributed by atoms with van der Waals surface area (Å²) in [5.41, 5.74) is 8.77. The van der Waals surface area contributed by atoms with Crippen LogP contribution in [0.25, 0.3) is 0 Å². The van der Waals surface area contributed by atoms with E-state index < -0.39 is 11.7 Å². The van der Waals surface area contributed by atoms with Crippen molar-refractivity contribution >= 4 is 11.8 Å². The molecule has 0 aliphatic carbocycles. The maximum absolute atomic E-state index is 12.9. The molecule has 2 amide bonds. The summed E-state index contributed by atoms with van der Waals surface area (Å²) < 4.78 is 38.4. The SMILES string of the molecule is N#Cc1ccc(CN2CCC(NC(=O)c3ccc(CN4CCN(Cc5ccccc5)CC4)cc3)CC2)cc1.O=C(NC1CCN(Cc2ccc(C(F)(F)F)cc2)CC1)c1ccc(CN2CCN(Cc3ccccc3)CC2)cc1. The van der Waals surface area contributed by atoms with Gasteiger partial charge in [-0.15, -0.1) is 0 Å². The largest absolute Gasteiger partial charge is 0.416 e. The van der Waals surface area contributed by atoms with E-state index in [9.17, 15) is 22.8 Å². The van der Waals surface area contributed by atoms with Crippen molar-refractivity contribution in [3.63, 3.8) is 0 Å². The van der Waals surface area contributed by atoms with E-state index in [2.05, 4.69) is 131 Å². The van der Waals surface area contributed by atoms with Crippen molar-refractivity contribution in [3.05, 3.63) is 213 Å². The third kappa shape index (κ3) is 17.1. The molecule has 4 aliphatic heterocycles. The van der Waals surface area contributed by atoms with Crippen LogP contribution in [0.4, 0.5) is 13.2 Å². The van der Waals surface area contributed by atoms with Gasteiger partial charge >= 0.3 is 6.18 Å². The highest BCUT2D eigenvalue weighted by atomic mass is 19.4. The zero-order valence-corrected chi connectivity index (χ0v) is 44.8. The molecule has 6 aromatic carbocycles. The number of benzene rings is 6. The van der Waals surface area contributed by atoms with Crippen molar-refractivity contribution < 1.29 is 22.8 Å². The van der Waals surface area contributed by atoms with Crippen molar-refractivity contribution in [2.24, 2.45) is 0 Å². The summed E-state index contributed by atoms with van der Waals surface area (Å²) in [5.74, 6) is -0.0288. The third-order valence-electron chi connectivity index (χ3n) is 15.7. The van der Waals surface area contributed by atoms with Gasteiger partial charge in [-0.25, -0.2) is 0 Å². The summed E-state index contributed by atoms with van der Waals surface area (Å²) >= 11 is 0. The van der Waals surface area contributed by atoms with Crippen LogP contribution in [-0.4, -0.2) is 132 Å². The lowest BCUT2D eigenvalue weighted by Crippen LogP contribution is -2.45. The molecule has 78 heavy (non-hydrogen) atoms. The smallest absolute Gasteiger partial charge is 0.349 e. The van der Waals surface area contributed by atoms with Gasteiger partial charge < -0.3 is 10.6 Å². The van der Waals surface area contributed by atoms with Crippen LogP contribution in [0.2, 0.25) is 0 Å². The fourth-order valence-electron chi connectivity index (χ4n) is 10.9. The second kappa shape index (κ2) is 27.8. The van der Waals surface area contributed by atoms with Gasteiger partial charge in [0.2, 0.25) is 0 Å². The number of carbonyl (C=O) groups is 2. The molecule has 0 radical (unpaired) electrons. The van der Waals surface area contributed by atoms with Gasteiger partial charge in [-0.3, -0.25) is 39.0 Å². The minimum Gasteiger partial charge on any atom is -0.349 e. The Balaban J connectivity index is 0.000000190. The normalized spacial score (nSPS) is 17.9. The molecule has 6 aromatic rings. The Bertz CT molecular complexity index is 2820. The van der Waals surface area contributed by atoms with Gasteiger partial charge in [-0.1, -0.05) is 109 Å². The average molecular weight is 1060 g/mol. The highest BCUT2D eigenvalue weighted by Gasteiger charge is 2.30. The van der Waals surface area contributed by atoms with Crippen LogP contribution in [0.1, 0.15) is 90.9 Å². The number of piperidine rings is 2. The molecule has 0 aromatic heterocycles. The molecule has 14 heteroatoms. The standard InChI is InChI=1S/C32H37F3N4O.C32H37N5O/c33-32(34,35)29-12-8-27(9-13-29)23-37-16-14-30(15-17-37)36-31(40)28-10-6-26(7-11-28)24-39-20-18-38(19-21-39)22-25-4-2-1-3-5-25;33-22-26-6-8-28(9-7-26)24-35-16-14-31(15-17-35)34-32(38)30-12-10-29(11-13-30)25-37-20-18-36(19-21-37)23-27-4-2-1-3-5-27/h1-13,30H,14-24H2,(H,36,40);1-13,31H,14-21,23-25H2,(H,34,38). The second-order valence-corrected chi connectivity index (χ2v) is 21.5.